The second-order valence-corrected chi connectivity index (χ2v) is 7.29. The number of hydrogen-bond donors (Lipinski definition) is 2. The molecule has 1 aliphatic heterocycles. The Balaban J connectivity index is 1.59. The molecule has 0 radical (unpaired) electrons. The molecule has 0 aromatic heterocycles. The molecule has 134 valence electrons. The van der Waals surface area contributed by atoms with Gasteiger partial charge in [0, 0.05) is 16.8 Å². The largest absolute Gasteiger partial charge is 0.405 e. The van der Waals surface area contributed by atoms with Gasteiger partial charge in [0.2, 0.25) is 0 Å². The molecule has 4 aromatic rings. The Morgan fingerprint density at radius 2 is 1.29 bits per heavy atom. The summed E-state index contributed by atoms with van der Waals surface area (Å²) in [5.74, 6) is 2.29. The summed E-state index contributed by atoms with van der Waals surface area (Å²) in [5, 5.41) is 9.82. The van der Waals surface area contributed by atoms with Gasteiger partial charge in [0.05, 0.1) is 0 Å². The van der Waals surface area contributed by atoms with Crippen LogP contribution in [-0.2, 0) is 0 Å². The topological polar surface area (TPSA) is 24.1 Å². The van der Waals surface area contributed by atoms with Crippen molar-refractivity contribution in [2.24, 2.45) is 0 Å². The predicted molar refractivity (Wildman–Crippen MR) is 122 cm³/mol. The van der Waals surface area contributed by atoms with Crippen LogP contribution in [0.3, 0.4) is 0 Å². The van der Waals surface area contributed by atoms with E-state index in [9.17, 15) is 0 Å². The second kappa shape index (κ2) is 6.93. The maximum Gasteiger partial charge on any atom is 0.399 e. The van der Waals surface area contributed by atoms with Gasteiger partial charge in [0.15, 0.2) is 0 Å². The summed E-state index contributed by atoms with van der Waals surface area (Å²) in [4.78, 5) is 0. The van der Waals surface area contributed by atoms with Gasteiger partial charge in [-0.2, -0.15) is 0 Å². The number of aryl methyl sites for hydroxylation is 1. The van der Waals surface area contributed by atoms with E-state index in [1.165, 1.54) is 44.4 Å². The quantitative estimate of drug-likeness (QED) is 0.429. The lowest BCUT2D eigenvalue weighted by atomic mass is 9.70. The first kappa shape index (κ1) is 16.7. The summed E-state index contributed by atoms with van der Waals surface area (Å²) in [6.07, 6.45) is 0. The van der Waals surface area contributed by atoms with Gasteiger partial charge in [-0.1, -0.05) is 90.4 Å². The van der Waals surface area contributed by atoms with E-state index >= 15 is 0 Å². The molecule has 4 aromatic carbocycles. The van der Waals surface area contributed by atoms with Crippen LogP contribution in [0.5, 0.6) is 0 Å². The average Bonchev–Trinajstić information content (AvgIpc) is 2.74. The molecule has 3 heteroatoms. The minimum absolute atomic E-state index is 0.0111. The number of benzene rings is 4. The Hall–Kier alpha value is -3.46. The van der Waals surface area contributed by atoms with Crippen molar-refractivity contribution in [3.05, 3.63) is 114 Å². The van der Waals surface area contributed by atoms with Gasteiger partial charge in [-0.25, -0.2) is 0 Å². The Morgan fingerprint density at radius 1 is 0.679 bits per heavy atom. The Kier molecular flexibility index (Phi) is 4.14. The van der Waals surface area contributed by atoms with Crippen molar-refractivity contribution < 1.29 is 0 Å². The van der Waals surface area contributed by atoms with Crippen molar-refractivity contribution in [3.63, 3.8) is 0 Å². The van der Waals surface area contributed by atoms with E-state index in [4.69, 9.17) is 0 Å². The van der Waals surface area contributed by atoms with Gasteiger partial charge in [0.1, 0.15) is 0 Å². The SMILES string of the molecule is Cc1ccc(/C(=C\B2Nc3cccc4cccc(c34)N2)c2ccccc2)cc1. The van der Waals surface area contributed by atoms with Crippen LogP contribution >= 0.6 is 0 Å². The summed E-state index contributed by atoms with van der Waals surface area (Å²) in [5.41, 5.74) is 7.26. The highest BCUT2D eigenvalue weighted by atomic mass is 15.0. The minimum Gasteiger partial charge on any atom is -0.405 e. The fourth-order valence-electron chi connectivity index (χ4n) is 3.91. The third-order valence-corrected chi connectivity index (χ3v) is 5.31. The highest BCUT2D eigenvalue weighted by Crippen LogP contribution is 2.35. The first-order valence-electron chi connectivity index (χ1n) is 9.67. The second-order valence-electron chi connectivity index (χ2n) is 7.29. The number of rotatable bonds is 3. The van der Waals surface area contributed by atoms with Crippen molar-refractivity contribution in [2.75, 3.05) is 10.5 Å². The maximum absolute atomic E-state index is 3.66. The van der Waals surface area contributed by atoms with Gasteiger partial charge in [0.25, 0.3) is 0 Å². The minimum atomic E-state index is 0.0111. The fraction of sp³-hybridized carbons (Fsp3) is 0.0400. The van der Waals surface area contributed by atoms with Crippen molar-refractivity contribution in [1.82, 2.24) is 0 Å². The fourth-order valence-corrected chi connectivity index (χ4v) is 3.91. The molecule has 2 nitrogen and oxygen atoms in total. The van der Waals surface area contributed by atoms with Gasteiger partial charge >= 0.3 is 6.98 Å². The average molecular weight is 360 g/mol. The van der Waals surface area contributed by atoms with Crippen LogP contribution in [0.15, 0.2) is 97.0 Å². The van der Waals surface area contributed by atoms with Crippen molar-refractivity contribution in [2.45, 2.75) is 6.92 Å². The van der Waals surface area contributed by atoms with Crippen molar-refractivity contribution in [3.8, 4) is 0 Å². The third-order valence-electron chi connectivity index (χ3n) is 5.31. The monoisotopic (exact) mass is 360 g/mol. The standard InChI is InChI=1S/C25H21BN2/c1-18-13-15-20(16-14-18)22(19-7-3-2-4-8-19)17-26-27-23-11-5-9-21-10-6-12-24(28-26)25(21)23/h2-17,27-28H,1H3/b22-17-. The van der Waals surface area contributed by atoms with E-state index in [0.717, 1.165) is 0 Å². The van der Waals surface area contributed by atoms with E-state index in [0.29, 0.717) is 0 Å². The summed E-state index contributed by atoms with van der Waals surface area (Å²) in [7, 11) is 0. The van der Waals surface area contributed by atoms with Crippen molar-refractivity contribution in [1.29, 1.82) is 0 Å². The molecule has 0 unspecified atom stereocenters. The van der Waals surface area contributed by atoms with E-state index < -0.39 is 0 Å². The highest BCUT2D eigenvalue weighted by molar-refractivity contribution is 6.73. The van der Waals surface area contributed by atoms with Gasteiger partial charge in [-0.3, -0.25) is 0 Å². The molecule has 0 amide bonds. The molecule has 5 rings (SSSR count). The lowest BCUT2D eigenvalue weighted by molar-refractivity contribution is 1.45. The zero-order valence-corrected chi connectivity index (χ0v) is 15.8. The zero-order chi connectivity index (χ0) is 18.9. The van der Waals surface area contributed by atoms with Gasteiger partial charge in [-0.15, -0.1) is 0 Å². The molecule has 0 saturated heterocycles. The van der Waals surface area contributed by atoms with E-state index in [-0.39, 0.29) is 6.98 Å². The maximum atomic E-state index is 3.66. The summed E-state index contributed by atoms with van der Waals surface area (Å²) < 4.78 is 0. The highest BCUT2D eigenvalue weighted by Gasteiger charge is 2.22. The number of nitrogens with one attached hydrogen (secondary N) is 2. The third kappa shape index (κ3) is 3.05. The molecule has 1 heterocycles. The smallest absolute Gasteiger partial charge is 0.399 e. The molecule has 2 N–H and O–H groups in total. The predicted octanol–water partition coefficient (Wildman–Crippen LogP) is 6.14. The van der Waals surface area contributed by atoms with Crippen LogP contribution in [0.25, 0.3) is 16.3 Å². The normalized spacial score (nSPS) is 13.2. The van der Waals surface area contributed by atoms with Crippen LogP contribution in [0, 0.1) is 6.92 Å². The summed E-state index contributed by atoms with van der Waals surface area (Å²) in [6, 6.07) is 32.2. The molecule has 1 aliphatic rings. The molecular formula is C25H21BN2. The van der Waals surface area contributed by atoms with Crippen molar-refractivity contribution >= 4 is 34.7 Å². The molecule has 28 heavy (non-hydrogen) atoms. The summed E-state index contributed by atoms with van der Waals surface area (Å²) in [6.45, 7) is 2.13. The molecule has 0 atom stereocenters. The number of hydrogen-bond acceptors (Lipinski definition) is 2. The van der Waals surface area contributed by atoms with E-state index in [2.05, 4.69) is 114 Å². The lowest BCUT2D eigenvalue weighted by Crippen LogP contribution is -2.35. The first-order valence-corrected chi connectivity index (χ1v) is 9.67. The molecular weight excluding hydrogens is 339 g/mol. The Labute approximate surface area is 166 Å². The molecule has 0 bridgehead atoms. The van der Waals surface area contributed by atoms with E-state index in [1.807, 2.05) is 0 Å². The molecule has 0 spiro atoms. The first-order chi connectivity index (χ1) is 13.8. The molecule has 0 fully saturated rings. The van der Waals surface area contributed by atoms with Crippen LogP contribution in [0.4, 0.5) is 11.4 Å². The lowest BCUT2D eigenvalue weighted by Gasteiger charge is -2.25. The van der Waals surface area contributed by atoms with Crippen LogP contribution in [0.1, 0.15) is 16.7 Å². The Bertz CT molecular complexity index is 1120. The van der Waals surface area contributed by atoms with Crippen LogP contribution in [-0.4, -0.2) is 6.98 Å². The van der Waals surface area contributed by atoms with E-state index in [1.54, 1.807) is 0 Å². The van der Waals surface area contributed by atoms with Gasteiger partial charge < -0.3 is 10.5 Å². The summed E-state index contributed by atoms with van der Waals surface area (Å²) >= 11 is 0. The van der Waals surface area contributed by atoms with Crippen LogP contribution < -0.4 is 10.5 Å². The number of anilines is 2. The van der Waals surface area contributed by atoms with Gasteiger partial charge in [-0.05, 0) is 41.1 Å². The molecule has 0 aliphatic carbocycles. The Morgan fingerprint density at radius 3 is 1.93 bits per heavy atom. The molecule has 0 saturated carbocycles. The zero-order valence-electron chi connectivity index (χ0n) is 15.8. The van der Waals surface area contributed by atoms with Crippen LogP contribution in [0.2, 0.25) is 0 Å².